The van der Waals surface area contributed by atoms with E-state index in [1.54, 1.807) is 0 Å². The first kappa shape index (κ1) is 33.2. The van der Waals surface area contributed by atoms with Crippen molar-refractivity contribution in [1.29, 1.82) is 0 Å². The van der Waals surface area contributed by atoms with E-state index in [-0.39, 0.29) is 17.5 Å². The van der Waals surface area contributed by atoms with Crippen LogP contribution in [-0.2, 0) is 9.53 Å². The number of nitrogens with zero attached hydrogens (tertiary/aromatic N) is 1. The van der Waals surface area contributed by atoms with Gasteiger partial charge < -0.3 is 31.5 Å². The first-order valence-corrected chi connectivity index (χ1v) is 17.3. The van der Waals surface area contributed by atoms with Crippen molar-refractivity contribution in [2.75, 3.05) is 46.4 Å². The first-order chi connectivity index (χ1) is 19.7. The average Bonchev–Trinajstić information content (AvgIpc) is 3.34. The summed E-state index contributed by atoms with van der Waals surface area (Å²) in [5, 5.41) is 15.8. The van der Waals surface area contributed by atoms with Crippen molar-refractivity contribution in [2.24, 2.45) is 57.8 Å². The van der Waals surface area contributed by atoms with Crippen LogP contribution < -0.4 is 16.8 Å². The lowest BCUT2D eigenvalue weighted by Gasteiger charge is -2.62. The molecule has 4 aliphatic rings. The van der Waals surface area contributed by atoms with Crippen molar-refractivity contribution >= 4 is 5.97 Å². The number of fused-ring (bicyclic) bond motifs is 5. The van der Waals surface area contributed by atoms with E-state index in [1.165, 1.54) is 58.5 Å². The third-order valence-corrected chi connectivity index (χ3v) is 13.0. The normalized spacial score (nSPS) is 39.2. The van der Waals surface area contributed by atoms with Crippen LogP contribution in [0.1, 0.15) is 104 Å². The molecule has 0 spiro atoms. The van der Waals surface area contributed by atoms with Crippen LogP contribution in [0.25, 0.3) is 0 Å². The summed E-state index contributed by atoms with van der Waals surface area (Å²) in [4.78, 5) is 14.4. The molecule has 0 amide bonds. The number of carbonyl (C=O) groups is 1. The van der Waals surface area contributed by atoms with E-state index >= 15 is 0 Å². The van der Waals surface area contributed by atoms with Crippen LogP contribution in [-0.4, -0.2) is 74.5 Å². The molecule has 0 heterocycles. The highest BCUT2D eigenvalue weighted by Crippen LogP contribution is 2.68. The van der Waals surface area contributed by atoms with Crippen molar-refractivity contribution in [1.82, 2.24) is 10.2 Å². The molecule has 0 aromatic rings. The van der Waals surface area contributed by atoms with Crippen LogP contribution in [0.3, 0.4) is 0 Å². The number of rotatable bonds is 15. The Kier molecular flexibility index (Phi) is 12.0. The highest BCUT2D eigenvalue weighted by Gasteiger charge is 2.63. The molecular weight excluding hydrogens is 512 g/mol. The topological polar surface area (TPSA) is 114 Å². The maximum Gasteiger partial charge on any atom is 0.305 e. The zero-order valence-corrected chi connectivity index (χ0v) is 26.9. The molecule has 238 valence electrons. The molecule has 4 rings (SSSR count). The van der Waals surface area contributed by atoms with Gasteiger partial charge in [0.15, 0.2) is 0 Å². The summed E-state index contributed by atoms with van der Waals surface area (Å²) in [7, 11) is 1.48. The highest BCUT2D eigenvalue weighted by atomic mass is 16.5. The third kappa shape index (κ3) is 7.16. The SMILES string of the molecule is COC(=O)CC[C@@H](C)C1CCC2C3CCC4C[C@@H](NCCCN(CCCN)CCCN)CC[C@]4(C)C3C[C@H](O)[C@@]21C. The van der Waals surface area contributed by atoms with Gasteiger partial charge in [-0.1, -0.05) is 20.8 Å². The van der Waals surface area contributed by atoms with Gasteiger partial charge in [-0.25, -0.2) is 0 Å². The van der Waals surface area contributed by atoms with Gasteiger partial charge in [-0.15, -0.1) is 0 Å². The number of nitrogens with one attached hydrogen (secondary N) is 1. The Morgan fingerprint density at radius 2 is 1.71 bits per heavy atom. The third-order valence-electron chi connectivity index (χ3n) is 13.0. The second-order valence-corrected chi connectivity index (χ2v) is 15.0. The molecule has 5 unspecified atom stereocenters. The molecule has 0 aromatic heterocycles. The van der Waals surface area contributed by atoms with Crippen LogP contribution in [0.2, 0.25) is 0 Å². The molecule has 0 aliphatic heterocycles. The van der Waals surface area contributed by atoms with Crippen LogP contribution in [0.5, 0.6) is 0 Å². The quantitative estimate of drug-likeness (QED) is 0.167. The van der Waals surface area contributed by atoms with Crippen molar-refractivity contribution < 1.29 is 14.6 Å². The van der Waals surface area contributed by atoms with Gasteiger partial charge in [-0.2, -0.15) is 0 Å². The molecule has 7 heteroatoms. The monoisotopic (exact) mass is 576 g/mol. The minimum absolute atomic E-state index is 0.0130. The lowest BCUT2D eigenvalue weighted by atomic mass is 9.43. The average molecular weight is 577 g/mol. The fourth-order valence-corrected chi connectivity index (χ4v) is 10.6. The molecule has 10 atom stereocenters. The lowest BCUT2D eigenvalue weighted by molar-refractivity contribution is -0.170. The van der Waals surface area contributed by atoms with Gasteiger partial charge in [0, 0.05) is 12.5 Å². The van der Waals surface area contributed by atoms with Gasteiger partial charge in [0.25, 0.3) is 0 Å². The number of hydrogen-bond donors (Lipinski definition) is 4. The van der Waals surface area contributed by atoms with Gasteiger partial charge in [0.2, 0.25) is 0 Å². The van der Waals surface area contributed by atoms with Gasteiger partial charge >= 0.3 is 5.97 Å². The number of methoxy groups -OCH3 is 1. The zero-order chi connectivity index (χ0) is 29.6. The molecule has 4 fully saturated rings. The van der Waals surface area contributed by atoms with Gasteiger partial charge in [-0.05, 0) is 163 Å². The molecule has 0 radical (unpaired) electrons. The molecule has 6 N–H and O–H groups in total. The summed E-state index contributed by atoms with van der Waals surface area (Å²) >= 11 is 0. The standard InChI is InChI=1S/C34H64N4O3/c1-24(8-13-32(40)41-4)28-11-12-29-27-10-9-25-22-26(37-18-7-21-38(19-5-16-35)20-6-17-36)14-15-33(25,2)30(27)23-31(39)34(28,29)3/h24-31,37,39H,5-23,35-36H2,1-4H3/t24-,25?,26+,27?,28?,29?,30?,31+,33+,34-/m1/s1. The molecule has 4 saturated carbocycles. The molecule has 0 bridgehead atoms. The Labute approximate surface area is 251 Å². The Morgan fingerprint density at radius 3 is 2.39 bits per heavy atom. The predicted octanol–water partition coefficient (Wildman–Crippen LogP) is 4.55. The van der Waals surface area contributed by atoms with Crippen molar-refractivity contribution in [3.63, 3.8) is 0 Å². The van der Waals surface area contributed by atoms with E-state index in [0.717, 1.165) is 76.8 Å². The Morgan fingerprint density at radius 1 is 1.00 bits per heavy atom. The van der Waals surface area contributed by atoms with Gasteiger partial charge in [0.1, 0.15) is 0 Å². The van der Waals surface area contributed by atoms with Gasteiger partial charge in [0.05, 0.1) is 13.2 Å². The van der Waals surface area contributed by atoms with Gasteiger partial charge in [-0.3, -0.25) is 4.79 Å². The minimum atomic E-state index is -0.227. The minimum Gasteiger partial charge on any atom is -0.469 e. The first-order valence-electron chi connectivity index (χ1n) is 17.3. The number of ether oxygens (including phenoxy) is 1. The molecular formula is C34H64N4O3. The molecule has 41 heavy (non-hydrogen) atoms. The largest absolute Gasteiger partial charge is 0.469 e. The summed E-state index contributed by atoms with van der Waals surface area (Å²) in [5.74, 6) is 3.63. The van der Waals surface area contributed by atoms with Crippen LogP contribution in [0.4, 0.5) is 0 Å². The van der Waals surface area contributed by atoms with Crippen LogP contribution >= 0.6 is 0 Å². The van der Waals surface area contributed by atoms with Crippen LogP contribution in [0, 0.1) is 46.3 Å². The van der Waals surface area contributed by atoms with Crippen molar-refractivity contribution in [3.8, 4) is 0 Å². The number of hydrogen-bond acceptors (Lipinski definition) is 7. The van der Waals surface area contributed by atoms with E-state index in [4.69, 9.17) is 16.2 Å². The summed E-state index contributed by atoms with van der Waals surface area (Å²) in [6.45, 7) is 13.2. The number of aliphatic hydroxyl groups is 1. The molecule has 4 aliphatic carbocycles. The maximum atomic E-state index is 11.9. The summed E-state index contributed by atoms with van der Waals surface area (Å²) in [6, 6.07) is 0.636. The summed E-state index contributed by atoms with van der Waals surface area (Å²) in [6.07, 6.45) is 14.4. The van der Waals surface area contributed by atoms with E-state index in [0.29, 0.717) is 41.5 Å². The fourth-order valence-electron chi connectivity index (χ4n) is 10.6. The Bertz CT molecular complexity index is 820. The number of aliphatic hydroxyl groups excluding tert-OH is 1. The van der Waals surface area contributed by atoms with Crippen molar-refractivity contribution in [3.05, 3.63) is 0 Å². The summed E-state index contributed by atoms with van der Waals surface area (Å²) in [5.41, 5.74) is 11.9. The number of esters is 1. The second kappa shape index (κ2) is 14.8. The lowest BCUT2D eigenvalue weighted by Crippen LogP contribution is -2.59. The number of nitrogens with two attached hydrogens (primary N) is 2. The van der Waals surface area contributed by atoms with E-state index in [2.05, 4.69) is 31.0 Å². The summed E-state index contributed by atoms with van der Waals surface area (Å²) < 4.78 is 4.92. The van der Waals surface area contributed by atoms with E-state index < -0.39 is 0 Å². The Hall–Kier alpha value is -0.730. The smallest absolute Gasteiger partial charge is 0.305 e. The van der Waals surface area contributed by atoms with Crippen LogP contribution in [0.15, 0.2) is 0 Å². The number of carbonyl (C=O) groups excluding carboxylic acids is 1. The van der Waals surface area contributed by atoms with E-state index in [9.17, 15) is 9.90 Å². The molecule has 7 nitrogen and oxygen atoms in total. The molecule has 0 aromatic carbocycles. The highest BCUT2D eigenvalue weighted by molar-refractivity contribution is 5.69. The fraction of sp³-hybridized carbons (Fsp3) is 0.971. The molecule has 0 saturated heterocycles. The second-order valence-electron chi connectivity index (χ2n) is 15.0. The maximum absolute atomic E-state index is 11.9. The van der Waals surface area contributed by atoms with Crippen molar-refractivity contribution in [2.45, 2.75) is 116 Å². The predicted molar refractivity (Wildman–Crippen MR) is 167 cm³/mol. The Balaban J connectivity index is 1.31. The van der Waals surface area contributed by atoms with E-state index in [1.807, 2.05) is 0 Å². The zero-order valence-electron chi connectivity index (χ0n) is 26.9.